The Bertz CT molecular complexity index is 1090. The molecule has 1 aromatic heterocycles. The van der Waals surface area contributed by atoms with Gasteiger partial charge >= 0.3 is 0 Å². The number of nitrogens with zero attached hydrogens (tertiary/aromatic N) is 2. The predicted molar refractivity (Wildman–Crippen MR) is 93.4 cm³/mol. The maximum Gasteiger partial charge on any atom is 0.265 e. The molecule has 2 aromatic rings. The summed E-state index contributed by atoms with van der Waals surface area (Å²) in [4.78, 5) is 17.9. The Hall–Kier alpha value is -2.57. The molecule has 2 rings (SSSR count). The van der Waals surface area contributed by atoms with Crippen LogP contribution in [0.25, 0.3) is 0 Å². The first kappa shape index (κ1) is 19.8. The molecule has 0 saturated carbocycles. The molecule has 10 nitrogen and oxygen atoms in total. The van der Waals surface area contributed by atoms with Gasteiger partial charge in [0.25, 0.3) is 10.0 Å². The zero-order valence-electron chi connectivity index (χ0n) is 14.1. The van der Waals surface area contributed by atoms with Crippen molar-refractivity contribution in [3.8, 4) is 0 Å². The van der Waals surface area contributed by atoms with E-state index in [0.29, 0.717) is 11.4 Å². The SMILES string of the molecule is Cc1nc(NS(=O)(=O)c2cccc(C(N)=O)c2S(N)(=O)=O)nc(C)c1C. The van der Waals surface area contributed by atoms with E-state index in [1.165, 1.54) is 6.07 Å². The molecule has 1 aromatic carbocycles. The molecule has 0 atom stereocenters. The second kappa shape index (κ2) is 6.63. The molecule has 0 aliphatic heterocycles. The Balaban J connectivity index is 2.68. The van der Waals surface area contributed by atoms with Gasteiger partial charge in [-0.1, -0.05) is 6.07 Å². The molecule has 140 valence electrons. The molecule has 0 radical (unpaired) electrons. The number of benzene rings is 1. The zero-order chi connectivity index (χ0) is 19.9. The fraction of sp³-hybridized carbons (Fsp3) is 0.214. The van der Waals surface area contributed by atoms with E-state index in [9.17, 15) is 21.6 Å². The molecule has 12 heteroatoms. The first-order valence-corrected chi connectivity index (χ1v) is 10.2. The summed E-state index contributed by atoms with van der Waals surface area (Å²) in [5, 5.41) is 5.10. The average Bonchev–Trinajstić information content (AvgIpc) is 2.50. The van der Waals surface area contributed by atoms with Crippen LogP contribution in [0.4, 0.5) is 5.95 Å². The van der Waals surface area contributed by atoms with Gasteiger partial charge in [0.15, 0.2) is 0 Å². The highest BCUT2D eigenvalue weighted by Crippen LogP contribution is 2.25. The van der Waals surface area contributed by atoms with E-state index >= 15 is 0 Å². The van der Waals surface area contributed by atoms with E-state index in [0.717, 1.165) is 17.7 Å². The number of primary sulfonamides is 1. The van der Waals surface area contributed by atoms with Gasteiger partial charge in [-0.25, -0.2) is 36.7 Å². The summed E-state index contributed by atoms with van der Waals surface area (Å²) in [7, 11) is -9.04. The smallest absolute Gasteiger partial charge is 0.265 e. The van der Waals surface area contributed by atoms with Crippen LogP contribution in [0.5, 0.6) is 0 Å². The number of rotatable bonds is 5. The van der Waals surface area contributed by atoms with Crippen LogP contribution >= 0.6 is 0 Å². The quantitative estimate of drug-likeness (QED) is 0.631. The molecule has 0 saturated heterocycles. The highest BCUT2D eigenvalue weighted by Gasteiger charge is 2.29. The minimum Gasteiger partial charge on any atom is -0.366 e. The average molecular weight is 399 g/mol. The van der Waals surface area contributed by atoms with Crippen molar-refractivity contribution in [3.63, 3.8) is 0 Å². The zero-order valence-corrected chi connectivity index (χ0v) is 15.8. The number of primary amides is 1. The predicted octanol–water partition coefficient (Wildman–Crippen LogP) is -0.0510. The van der Waals surface area contributed by atoms with Gasteiger partial charge in [0, 0.05) is 11.4 Å². The highest BCUT2D eigenvalue weighted by atomic mass is 32.2. The fourth-order valence-electron chi connectivity index (χ4n) is 2.21. The number of nitrogens with one attached hydrogen (secondary N) is 1. The summed E-state index contributed by atoms with van der Waals surface area (Å²) >= 11 is 0. The number of carbonyl (C=O) groups is 1. The number of hydrogen-bond acceptors (Lipinski definition) is 7. The van der Waals surface area contributed by atoms with Crippen molar-refractivity contribution >= 4 is 31.9 Å². The summed E-state index contributed by atoms with van der Waals surface area (Å²) in [6.07, 6.45) is 0. The minimum absolute atomic E-state index is 0.240. The van der Waals surface area contributed by atoms with E-state index < -0.39 is 41.3 Å². The van der Waals surface area contributed by atoms with E-state index in [1.807, 2.05) is 0 Å². The summed E-state index contributed by atoms with van der Waals surface area (Å²) in [6.45, 7) is 5.12. The molecule has 26 heavy (non-hydrogen) atoms. The van der Waals surface area contributed by atoms with Crippen LogP contribution in [0, 0.1) is 20.8 Å². The maximum absolute atomic E-state index is 12.7. The van der Waals surface area contributed by atoms with Gasteiger partial charge in [0.2, 0.25) is 21.9 Å². The lowest BCUT2D eigenvalue weighted by atomic mass is 10.2. The van der Waals surface area contributed by atoms with Crippen LogP contribution in [-0.2, 0) is 20.0 Å². The number of aromatic nitrogens is 2. The normalized spacial score (nSPS) is 12.0. The molecule has 0 unspecified atom stereocenters. The Kier molecular flexibility index (Phi) is 5.03. The van der Waals surface area contributed by atoms with Crippen molar-refractivity contribution in [2.24, 2.45) is 10.9 Å². The fourth-order valence-corrected chi connectivity index (χ4v) is 4.76. The summed E-state index contributed by atoms with van der Waals surface area (Å²) in [6, 6.07) is 3.23. The third kappa shape index (κ3) is 3.81. The molecule has 0 aliphatic carbocycles. The van der Waals surface area contributed by atoms with Gasteiger partial charge in [-0.2, -0.15) is 0 Å². The number of sulfonamides is 2. The molecule has 0 fully saturated rings. The van der Waals surface area contributed by atoms with Crippen molar-refractivity contribution in [1.29, 1.82) is 0 Å². The van der Waals surface area contributed by atoms with Crippen LogP contribution in [-0.4, -0.2) is 32.7 Å². The number of carbonyl (C=O) groups excluding carboxylic acids is 1. The lowest BCUT2D eigenvalue weighted by molar-refractivity contribution is 0.0996. The number of anilines is 1. The lowest BCUT2D eigenvalue weighted by Crippen LogP contribution is -2.26. The van der Waals surface area contributed by atoms with Gasteiger partial charge in [-0.05, 0) is 38.5 Å². The minimum atomic E-state index is -4.57. The van der Waals surface area contributed by atoms with Crippen LogP contribution in [0.2, 0.25) is 0 Å². The third-order valence-corrected chi connectivity index (χ3v) is 6.19. The molecule has 5 N–H and O–H groups in total. The molecular formula is C14H17N5O5S2. The molecule has 1 heterocycles. The second-order valence-electron chi connectivity index (χ2n) is 5.49. The Morgan fingerprint density at radius 1 is 1.04 bits per heavy atom. The topological polar surface area (TPSA) is 175 Å². The van der Waals surface area contributed by atoms with Gasteiger partial charge in [-0.15, -0.1) is 0 Å². The number of amides is 1. The number of nitrogens with two attached hydrogens (primary N) is 2. The molecule has 0 aliphatic rings. The van der Waals surface area contributed by atoms with E-state index in [1.54, 1.807) is 20.8 Å². The van der Waals surface area contributed by atoms with Crippen molar-refractivity contribution in [1.82, 2.24) is 9.97 Å². The van der Waals surface area contributed by atoms with Crippen molar-refractivity contribution < 1.29 is 21.6 Å². The molecule has 1 amide bonds. The van der Waals surface area contributed by atoms with Crippen molar-refractivity contribution in [2.45, 2.75) is 30.6 Å². The van der Waals surface area contributed by atoms with Gasteiger partial charge < -0.3 is 5.73 Å². The van der Waals surface area contributed by atoms with Crippen LogP contribution < -0.4 is 15.6 Å². The van der Waals surface area contributed by atoms with Crippen molar-refractivity contribution in [3.05, 3.63) is 40.7 Å². The van der Waals surface area contributed by atoms with Crippen LogP contribution in [0.15, 0.2) is 28.0 Å². The van der Waals surface area contributed by atoms with Gasteiger partial charge in [0.1, 0.15) is 9.79 Å². The largest absolute Gasteiger partial charge is 0.366 e. The van der Waals surface area contributed by atoms with Crippen LogP contribution in [0.1, 0.15) is 27.3 Å². The Labute approximate surface area is 150 Å². The third-order valence-electron chi connectivity index (χ3n) is 3.68. The van der Waals surface area contributed by atoms with Crippen molar-refractivity contribution in [2.75, 3.05) is 4.72 Å². The highest BCUT2D eigenvalue weighted by molar-refractivity contribution is 7.94. The maximum atomic E-state index is 12.7. The standard InChI is InChI=1S/C14H17N5O5S2/c1-7-8(2)17-14(18-9(7)3)19-26(23,24)11-6-4-5-10(13(15)20)12(11)25(16,21)22/h4-6H,1-3H3,(H2,15,20)(H2,16,21,22)(H,17,18,19). The second-order valence-corrected chi connectivity index (χ2v) is 8.64. The monoisotopic (exact) mass is 399 g/mol. The van der Waals surface area contributed by atoms with E-state index in [4.69, 9.17) is 10.9 Å². The van der Waals surface area contributed by atoms with E-state index in [-0.39, 0.29) is 5.95 Å². The number of hydrogen-bond donors (Lipinski definition) is 3. The summed E-state index contributed by atoms with van der Waals surface area (Å²) < 4.78 is 51.2. The Morgan fingerprint density at radius 2 is 1.58 bits per heavy atom. The van der Waals surface area contributed by atoms with Gasteiger partial charge in [0.05, 0.1) is 5.56 Å². The molecule has 0 bridgehead atoms. The van der Waals surface area contributed by atoms with Gasteiger partial charge in [-0.3, -0.25) is 4.79 Å². The first-order valence-electron chi connectivity index (χ1n) is 7.15. The molecule has 0 spiro atoms. The molecular weight excluding hydrogens is 382 g/mol. The Morgan fingerprint density at radius 3 is 2.04 bits per heavy atom. The number of aryl methyl sites for hydroxylation is 2. The van der Waals surface area contributed by atoms with E-state index in [2.05, 4.69) is 14.7 Å². The summed E-state index contributed by atoms with van der Waals surface area (Å²) in [5.41, 5.74) is 6.48. The summed E-state index contributed by atoms with van der Waals surface area (Å²) in [5.74, 6) is -1.38. The van der Waals surface area contributed by atoms with Crippen LogP contribution in [0.3, 0.4) is 0 Å². The first-order chi connectivity index (χ1) is 11.8. The lowest BCUT2D eigenvalue weighted by Gasteiger charge is -2.13.